The van der Waals surface area contributed by atoms with Gasteiger partial charge in [-0.1, -0.05) is 6.07 Å². The van der Waals surface area contributed by atoms with Crippen LogP contribution in [0.2, 0.25) is 0 Å². The minimum absolute atomic E-state index is 0.0695. The molecule has 2 heterocycles. The molecule has 34 heavy (non-hydrogen) atoms. The van der Waals surface area contributed by atoms with E-state index in [9.17, 15) is 19.7 Å². The third-order valence-electron chi connectivity index (χ3n) is 6.47. The van der Waals surface area contributed by atoms with E-state index >= 15 is 0 Å². The molecule has 1 N–H and O–H groups in total. The summed E-state index contributed by atoms with van der Waals surface area (Å²) in [6.45, 7) is 8.51. The number of rotatable bonds is 9. The number of nitrogens with one attached hydrogen (secondary N) is 1. The molecule has 3 atom stereocenters. The quantitative estimate of drug-likeness (QED) is 0.417. The molecule has 10 heteroatoms. The number of thioether (sulfide) groups is 1. The van der Waals surface area contributed by atoms with Gasteiger partial charge in [-0.3, -0.25) is 24.6 Å². The minimum atomic E-state index is -0.642. The molecular weight excluding hydrogens is 456 g/mol. The predicted octanol–water partition coefficient (Wildman–Crippen LogP) is 2.79. The van der Waals surface area contributed by atoms with Crippen LogP contribution in [0.15, 0.2) is 24.3 Å². The molecule has 2 aliphatic heterocycles. The van der Waals surface area contributed by atoms with Gasteiger partial charge < -0.3 is 15.0 Å². The van der Waals surface area contributed by atoms with Crippen molar-refractivity contribution in [2.75, 3.05) is 44.7 Å². The van der Waals surface area contributed by atoms with E-state index in [0.717, 1.165) is 38.2 Å². The van der Waals surface area contributed by atoms with Gasteiger partial charge in [0.15, 0.2) is 0 Å². The van der Waals surface area contributed by atoms with Gasteiger partial charge in [0, 0.05) is 50.4 Å². The van der Waals surface area contributed by atoms with E-state index in [1.807, 2.05) is 11.2 Å². The summed E-state index contributed by atoms with van der Waals surface area (Å²) >= 11 is 1.62. The van der Waals surface area contributed by atoms with Crippen molar-refractivity contribution in [1.29, 1.82) is 0 Å². The number of morpholine rings is 1. The first-order valence-corrected chi connectivity index (χ1v) is 13.4. The van der Waals surface area contributed by atoms with E-state index in [4.69, 9.17) is 4.74 Å². The fraction of sp³-hybridized carbons (Fsp3) is 0.667. The molecule has 0 spiro atoms. The molecule has 1 aromatic rings. The molecule has 2 saturated heterocycles. The number of carbonyl (C=O) groups is 2. The van der Waals surface area contributed by atoms with Crippen molar-refractivity contribution >= 4 is 29.3 Å². The fourth-order valence-corrected chi connectivity index (χ4v) is 5.32. The lowest BCUT2D eigenvalue weighted by Gasteiger charge is -2.40. The number of carbonyl (C=O) groups excluding carboxylic acids is 2. The molecule has 0 saturated carbocycles. The van der Waals surface area contributed by atoms with Crippen molar-refractivity contribution in [3.8, 4) is 0 Å². The van der Waals surface area contributed by atoms with E-state index in [2.05, 4.69) is 24.1 Å². The smallest absolute Gasteiger partial charge is 0.270 e. The summed E-state index contributed by atoms with van der Waals surface area (Å²) in [5.41, 5.74) is 0.0367. The second kappa shape index (κ2) is 12.5. The number of nitro benzene ring substituents is 1. The van der Waals surface area contributed by atoms with Gasteiger partial charge in [0.05, 0.1) is 17.1 Å². The standard InChI is InChI=1S/C24H36N4O5S/c1-17-14-26(15-18(2)33-17)16-19-7-10-27(11-8-19)24(30)22(9-12-34-3)25-23(29)20-5-4-6-21(13-20)28(31)32/h4-6,13,17-19,22H,7-12,14-16H2,1-3H3,(H,25,29). The lowest BCUT2D eigenvalue weighted by Crippen LogP contribution is -2.52. The van der Waals surface area contributed by atoms with E-state index < -0.39 is 16.9 Å². The number of benzene rings is 1. The van der Waals surface area contributed by atoms with E-state index in [1.165, 1.54) is 24.3 Å². The number of nitro groups is 1. The Bertz CT molecular complexity index is 852. The molecule has 3 unspecified atom stereocenters. The molecule has 0 aliphatic carbocycles. The van der Waals surface area contributed by atoms with Crippen LogP contribution in [0.5, 0.6) is 0 Å². The zero-order chi connectivity index (χ0) is 24.7. The first-order chi connectivity index (χ1) is 16.3. The molecule has 0 aromatic heterocycles. The maximum atomic E-state index is 13.3. The normalized spacial score (nSPS) is 22.9. The summed E-state index contributed by atoms with van der Waals surface area (Å²) in [5, 5.41) is 13.9. The third kappa shape index (κ3) is 7.41. The average Bonchev–Trinajstić information content (AvgIpc) is 2.81. The van der Waals surface area contributed by atoms with Crippen LogP contribution in [-0.4, -0.2) is 89.5 Å². The Morgan fingerprint density at radius 3 is 2.53 bits per heavy atom. The zero-order valence-electron chi connectivity index (χ0n) is 20.3. The number of piperidine rings is 1. The molecule has 2 aliphatic rings. The van der Waals surface area contributed by atoms with Crippen LogP contribution >= 0.6 is 11.8 Å². The van der Waals surface area contributed by atoms with Crippen LogP contribution < -0.4 is 5.32 Å². The van der Waals surface area contributed by atoms with E-state index in [1.54, 1.807) is 11.8 Å². The first kappa shape index (κ1) is 26.4. The van der Waals surface area contributed by atoms with Gasteiger partial charge >= 0.3 is 0 Å². The Hall–Kier alpha value is -2.17. The van der Waals surface area contributed by atoms with Gasteiger partial charge in [-0.2, -0.15) is 11.8 Å². The third-order valence-corrected chi connectivity index (χ3v) is 7.12. The summed E-state index contributed by atoms with van der Waals surface area (Å²) in [4.78, 5) is 40.9. The summed E-state index contributed by atoms with van der Waals surface area (Å²) in [7, 11) is 0. The van der Waals surface area contributed by atoms with Gasteiger partial charge in [0.25, 0.3) is 11.6 Å². The topological polar surface area (TPSA) is 105 Å². The van der Waals surface area contributed by atoms with Crippen molar-refractivity contribution in [2.45, 2.75) is 51.4 Å². The monoisotopic (exact) mass is 492 g/mol. The van der Waals surface area contributed by atoms with Crippen LogP contribution in [0, 0.1) is 16.0 Å². The number of ether oxygens (including phenoxy) is 1. The lowest BCUT2D eigenvalue weighted by molar-refractivity contribution is -0.384. The highest BCUT2D eigenvalue weighted by atomic mass is 32.2. The largest absolute Gasteiger partial charge is 0.373 e. The van der Waals surface area contributed by atoms with Crippen LogP contribution in [0.3, 0.4) is 0 Å². The number of hydrogen-bond donors (Lipinski definition) is 1. The summed E-state index contributed by atoms with van der Waals surface area (Å²) in [6.07, 6.45) is 4.86. The summed E-state index contributed by atoms with van der Waals surface area (Å²) < 4.78 is 5.83. The lowest BCUT2D eigenvalue weighted by atomic mass is 9.95. The second-order valence-corrected chi connectivity index (χ2v) is 10.3. The summed E-state index contributed by atoms with van der Waals surface area (Å²) in [5.74, 6) is 0.745. The van der Waals surface area contributed by atoms with Crippen molar-refractivity contribution in [1.82, 2.24) is 15.1 Å². The number of amides is 2. The van der Waals surface area contributed by atoms with E-state index in [0.29, 0.717) is 25.4 Å². The SMILES string of the molecule is CSCCC(NC(=O)c1cccc([N+](=O)[O-])c1)C(=O)N1CCC(CN2CC(C)OC(C)C2)CC1. The number of non-ortho nitro benzene ring substituents is 1. The Labute approximate surface area is 205 Å². The average molecular weight is 493 g/mol. The maximum absolute atomic E-state index is 13.3. The van der Waals surface area contributed by atoms with Gasteiger partial charge in [-0.05, 0) is 57.1 Å². The van der Waals surface area contributed by atoms with Crippen LogP contribution in [0.1, 0.15) is 43.5 Å². The van der Waals surface area contributed by atoms with Crippen molar-refractivity contribution < 1.29 is 19.2 Å². The first-order valence-electron chi connectivity index (χ1n) is 12.0. The Morgan fingerprint density at radius 2 is 1.91 bits per heavy atom. The number of likely N-dealkylation sites (tertiary alicyclic amines) is 1. The second-order valence-electron chi connectivity index (χ2n) is 9.36. The molecular formula is C24H36N4O5S. The number of nitrogens with zero attached hydrogens (tertiary/aromatic N) is 3. The highest BCUT2D eigenvalue weighted by molar-refractivity contribution is 7.98. The highest BCUT2D eigenvalue weighted by Gasteiger charge is 2.31. The number of hydrogen-bond acceptors (Lipinski definition) is 7. The molecule has 188 valence electrons. The Morgan fingerprint density at radius 1 is 1.24 bits per heavy atom. The Kier molecular flexibility index (Phi) is 9.73. The van der Waals surface area contributed by atoms with Gasteiger partial charge in [-0.15, -0.1) is 0 Å². The van der Waals surface area contributed by atoms with Crippen LogP contribution in [-0.2, 0) is 9.53 Å². The van der Waals surface area contributed by atoms with Gasteiger partial charge in [-0.25, -0.2) is 0 Å². The van der Waals surface area contributed by atoms with Crippen molar-refractivity contribution in [3.05, 3.63) is 39.9 Å². The highest BCUT2D eigenvalue weighted by Crippen LogP contribution is 2.22. The van der Waals surface area contributed by atoms with Gasteiger partial charge in [0.1, 0.15) is 6.04 Å². The van der Waals surface area contributed by atoms with Gasteiger partial charge in [0.2, 0.25) is 5.91 Å². The van der Waals surface area contributed by atoms with Crippen molar-refractivity contribution in [2.24, 2.45) is 5.92 Å². The fourth-order valence-electron chi connectivity index (χ4n) is 4.85. The molecule has 3 rings (SSSR count). The zero-order valence-corrected chi connectivity index (χ0v) is 21.1. The minimum Gasteiger partial charge on any atom is -0.373 e. The molecule has 2 amide bonds. The molecule has 9 nitrogen and oxygen atoms in total. The molecule has 2 fully saturated rings. The predicted molar refractivity (Wildman–Crippen MR) is 133 cm³/mol. The molecule has 0 radical (unpaired) electrons. The molecule has 1 aromatic carbocycles. The molecule has 0 bridgehead atoms. The summed E-state index contributed by atoms with van der Waals surface area (Å²) in [6, 6.07) is 4.94. The maximum Gasteiger partial charge on any atom is 0.270 e. The van der Waals surface area contributed by atoms with Crippen LogP contribution in [0.4, 0.5) is 5.69 Å². The Balaban J connectivity index is 1.56. The van der Waals surface area contributed by atoms with Crippen LogP contribution in [0.25, 0.3) is 0 Å². The van der Waals surface area contributed by atoms with E-state index in [-0.39, 0.29) is 29.4 Å². The van der Waals surface area contributed by atoms with Crippen molar-refractivity contribution in [3.63, 3.8) is 0 Å².